The van der Waals surface area contributed by atoms with Crippen molar-refractivity contribution in [2.45, 2.75) is 6.42 Å². The van der Waals surface area contributed by atoms with Crippen molar-refractivity contribution in [3.05, 3.63) is 63.8 Å². The molecule has 0 saturated heterocycles. The lowest BCUT2D eigenvalue weighted by Crippen LogP contribution is -1.86. The Kier molecular flexibility index (Phi) is 2.49. The van der Waals surface area contributed by atoms with Crippen LogP contribution in [0.15, 0.2) is 42.6 Å². The van der Waals surface area contributed by atoms with Crippen molar-refractivity contribution in [1.29, 1.82) is 0 Å². The fraction of sp³-hybridized carbons (Fsp3) is 0.0909. The first-order chi connectivity index (χ1) is 7.25. The number of aromatic nitrogens is 1. The fourth-order valence-corrected chi connectivity index (χ4v) is 1.46. The van der Waals surface area contributed by atoms with E-state index in [1.165, 1.54) is 0 Å². The molecule has 0 radical (unpaired) electrons. The first-order valence-electron chi connectivity index (χ1n) is 4.61. The van der Waals surface area contributed by atoms with Gasteiger partial charge in [-0.05, 0) is 10.5 Å². The van der Waals surface area contributed by atoms with Gasteiger partial charge in [0.05, 0.1) is 6.20 Å². The normalized spacial score (nSPS) is 10.1. The molecule has 2 rings (SSSR count). The van der Waals surface area contributed by atoms with Gasteiger partial charge in [-0.3, -0.25) is 0 Å². The van der Waals surface area contributed by atoms with Gasteiger partial charge >= 0.3 is 5.82 Å². The van der Waals surface area contributed by atoms with Crippen LogP contribution in [-0.4, -0.2) is 9.91 Å². The number of nitro groups is 1. The van der Waals surface area contributed by atoms with Crippen molar-refractivity contribution >= 4 is 5.82 Å². The second kappa shape index (κ2) is 3.96. The molecule has 0 bridgehead atoms. The van der Waals surface area contributed by atoms with Crippen molar-refractivity contribution in [2.24, 2.45) is 0 Å². The Bertz CT molecular complexity index is 462. The molecular weight excluding hydrogens is 192 g/mol. The fourth-order valence-electron chi connectivity index (χ4n) is 1.46. The summed E-state index contributed by atoms with van der Waals surface area (Å²) in [5.41, 5.74) is 2.07. The highest BCUT2D eigenvalue weighted by Gasteiger charge is 2.07. The van der Waals surface area contributed by atoms with E-state index >= 15 is 0 Å². The highest BCUT2D eigenvalue weighted by molar-refractivity contribution is 5.31. The van der Waals surface area contributed by atoms with E-state index in [1.807, 2.05) is 30.3 Å². The molecule has 2 aromatic rings. The minimum absolute atomic E-state index is 0.0425. The zero-order valence-electron chi connectivity index (χ0n) is 8.01. The first kappa shape index (κ1) is 9.45. The van der Waals surface area contributed by atoms with Crippen molar-refractivity contribution < 1.29 is 4.92 Å². The zero-order valence-corrected chi connectivity index (χ0v) is 8.01. The molecule has 0 atom stereocenters. The lowest BCUT2D eigenvalue weighted by molar-refractivity contribution is -0.389. The molecule has 0 unspecified atom stereocenters. The van der Waals surface area contributed by atoms with Gasteiger partial charge < -0.3 is 10.1 Å². The number of hydrogen-bond donors (Lipinski definition) is 1. The standard InChI is InChI=1S/C11H10N2O2/c14-13(15)11-7-10(8-12-11)6-9-4-2-1-3-5-9/h1-5,7-8,12H,6H2. The maximum absolute atomic E-state index is 10.4. The topological polar surface area (TPSA) is 58.9 Å². The van der Waals surface area contributed by atoms with Crippen LogP contribution in [0.4, 0.5) is 5.82 Å². The summed E-state index contributed by atoms with van der Waals surface area (Å²) in [6.07, 6.45) is 2.39. The Morgan fingerprint density at radius 2 is 1.93 bits per heavy atom. The SMILES string of the molecule is O=[N+]([O-])c1cc(Cc2ccccc2)c[nH]1. The van der Waals surface area contributed by atoms with E-state index in [1.54, 1.807) is 12.3 Å². The number of nitrogens with zero attached hydrogens (tertiary/aromatic N) is 1. The van der Waals surface area contributed by atoms with Gasteiger partial charge in [0.2, 0.25) is 0 Å². The molecule has 1 N–H and O–H groups in total. The molecule has 4 nitrogen and oxygen atoms in total. The van der Waals surface area contributed by atoms with Crippen LogP contribution in [0.2, 0.25) is 0 Å². The second-order valence-corrected chi connectivity index (χ2v) is 3.31. The molecule has 0 saturated carbocycles. The van der Waals surface area contributed by atoms with Crippen LogP contribution in [0.25, 0.3) is 0 Å². The minimum Gasteiger partial charge on any atom is -0.358 e. The van der Waals surface area contributed by atoms with Gasteiger partial charge in [-0.2, -0.15) is 0 Å². The number of nitrogens with one attached hydrogen (secondary N) is 1. The van der Waals surface area contributed by atoms with E-state index in [0.29, 0.717) is 6.42 Å². The molecule has 4 heteroatoms. The average Bonchev–Trinajstić information content (AvgIpc) is 2.68. The quantitative estimate of drug-likeness (QED) is 0.614. The van der Waals surface area contributed by atoms with Gasteiger partial charge in [0, 0.05) is 18.1 Å². The Hall–Kier alpha value is -2.10. The van der Waals surface area contributed by atoms with E-state index in [0.717, 1.165) is 11.1 Å². The van der Waals surface area contributed by atoms with E-state index in [9.17, 15) is 10.1 Å². The van der Waals surface area contributed by atoms with Crippen LogP contribution < -0.4 is 0 Å². The molecule has 0 aliphatic rings. The van der Waals surface area contributed by atoms with Crippen molar-refractivity contribution in [1.82, 2.24) is 4.98 Å². The van der Waals surface area contributed by atoms with Crippen molar-refractivity contribution in [3.8, 4) is 0 Å². The predicted molar refractivity (Wildman–Crippen MR) is 56.7 cm³/mol. The van der Waals surface area contributed by atoms with Crippen LogP contribution >= 0.6 is 0 Å². The van der Waals surface area contributed by atoms with Gasteiger partial charge in [-0.15, -0.1) is 0 Å². The molecule has 1 aromatic heterocycles. The van der Waals surface area contributed by atoms with Gasteiger partial charge in [-0.25, -0.2) is 4.98 Å². The maximum atomic E-state index is 10.4. The summed E-state index contributed by atoms with van der Waals surface area (Å²) in [6, 6.07) is 11.4. The molecule has 1 heterocycles. The second-order valence-electron chi connectivity index (χ2n) is 3.31. The lowest BCUT2D eigenvalue weighted by atomic mass is 10.1. The van der Waals surface area contributed by atoms with Crippen LogP contribution in [0, 0.1) is 10.1 Å². The van der Waals surface area contributed by atoms with Gasteiger partial charge in [-0.1, -0.05) is 30.3 Å². The summed E-state index contributed by atoms with van der Waals surface area (Å²) < 4.78 is 0. The molecule has 0 aliphatic heterocycles. The maximum Gasteiger partial charge on any atom is 0.321 e. The first-order valence-corrected chi connectivity index (χ1v) is 4.61. The lowest BCUT2D eigenvalue weighted by Gasteiger charge is -1.95. The Morgan fingerprint density at radius 3 is 2.53 bits per heavy atom. The van der Waals surface area contributed by atoms with Crippen LogP contribution in [-0.2, 0) is 6.42 Å². The van der Waals surface area contributed by atoms with Gasteiger partial charge in [0.1, 0.15) is 0 Å². The third kappa shape index (κ3) is 2.22. The molecule has 1 aromatic carbocycles. The van der Waals surface area contributed by atoms with E-state index in [-0.39, 0.29) is 5.82 Å². The molecule has 0 amide bonds. The third-order valence-electron chi connectivity index (χ3n) is 2.18. The third-order valence-corrected chi connectivity index (χ3v) is 2.18. The molecular formula is C11H10N2O2. The summed E-state index contributed by atoms with van der Waals surface area (Å²) >= 11 is 0. The largest absolute Gasteiger partial charge is 0.358 e. The molecule has 76 valence electrons. The van der Waals surface area contributed by atoms with Gasteiger partial charge in [0.25, 0.3) is 0 Å². The average molecular weight is 202 g/mol. The smallest absolute Gasteiger partial charge is 0.321 e. The predicted octanol–water partition coefficient (Wildman–Crippen LogP) is 2.51. The van der Waals surface area contributed by atoms with E-state index in [2.05, 4.69) is 4.98 Å². The molecule has 0 fully saturated rings. The monoisotopic (exact) mass is 202 g/mol. The zero-order chi connectivity index (χ0) is 10.7. The van der Waals surface area contributed by atoms with E-state index in [4.69, 9.17) is 0 Å². The van der Waals surface area contributed by atoms with Gasteiger partial charge in [0.15, 0.2) is 0 Å². The summed E-state index contributed by atoms with van der Waals surface area (Å²) in [4.78, 5) is 12.6. The van der Waals surface area contributed by atoms with Crippen LogP contribution in [0.5, 0.6) is 0 Å². The van der Waals surface area contributed by atoms with E-state index < -0.39 is 4.92 Å². The van der Waals surface area contributed by atoms with Crippen molar-refractivity contribution in [2.75, 3.05) is 0 Å². The Morgan fingerprint density at radius 1 is 1.20 bits per heavy atom. The number of rotatable bonds is 3. The van der Waals surface area contributed by atoms with Crippen molar-refractivity contribution in [3.63, 3.8) is 0 Å². The molecule has 0 aliphatic carbocycles. The molecule has 0 spiro atoms. The number of hydrogen-bond acceptors (Lipinski definition) is 2. The Balaban J connectivity index is 2.15. The number of benzene rings is 1. The Labute approximate surface area is 86.7 Å². The number of aromatic amines is 1. The van der Waals surface area contributed by atoms with Crippen LogP contribution in [0.3, 0.4) is 0 Å². The van der Waals surface area contributed by atoms with Crippen LogP contribution in [0.1, 0.15) is 11.1 Å². The highest BCUT2D eigenvalue weighted by Crippen LogP contribution is 2.14. The summed E-state index contributed by atoms with van der Waals surface area (Å²) in [5.74, 6) is 0.0425. The highest BCUT2D eigenvalue weighted by atomic mass is 16.6. The number of H-pyrrole nitrogens is 1. The summed E-state index contributed by atoms with van der Waals surface area (Å²) in [5, 5.41) is 10.4. The minimum atomic E-state index is -0.422. The summed E-state index contributed by atoms with van der Waals surface area (Å²) in [6.45, 7) is 0. The molecule has 15 heavy (non-hydrogen) atoms. The summed E-state index contributed by atoms with van der Waals surface area (Å²) in [7, 11) is 0.